The van der Waals surface area contributed by atoms with Crippen LogP contribution in [0.25, 0.3) is 0 Å². The third-order valence-corrected chi connectivity index (χ3v) is 8.88. The predicted molar refractivity (Wildman–Crippen MR) is 87.7 cm³/mol. The lowest BCUT2D eigenvalue weighted by atomic mass is 9.33. The molecule has 0 nitrogen and oxygen atoms in total. The van der Waals surface area contributed by atoms with Gasteiger partial charge in [-0.1, -0.05) is 64.1 Å². The molecule has 5 atom stereocenters. The molecule has 0 spiro atoms. The zero-order valence-corrected chi connectivity index (χ0v) is 14.8. The van der Waals surface area contributed by atoms with Gasteiger partial charge in [0.1, 0.15) is 7.85 Å². The second kappa shape index (κ2) is 3.90. The summed E-state index contributed by atoms with van der Waals surface area (Å²) in [6.07, 6.45) is 2.94. The molecule has 2 fully saturated rings. The minimum absolute atomic E-state index is 0.479. The fraction of sp³-hybridized carbons (Fsp3) is 1.00. The highest BCUT2D eigenvalue weighted by Crippen LogP contribution is 2.78. The predicted octanol–water partition coefficient (Wildman–Crippen LogP) is 4.33. The van der Waals surface area contributed by atoms with Crippen molar-refractivity contribution in [3.05, 3.63) is 0 Å². The van der Waals surface area contributed by atoms with E-state index >= 15 is 0 Å². The van der Waals surface area contributed by atoms with Crippen LogP contribution in [0.15, 0.2) is 0 Å². The van der Waals surface area contributed by atoms with Gasteiger partial charge in [0.25, 0.3) is 0 Å². The van der Waals surface area contributed by atoms with E-state index in [4.69, 9.17) is 0 Å². The van der Waals surface area contributed by atoms with E-state index in [1.807, 2.05) is 0 Å². The lowest BCUT2D eigenvalue weighted by Gasteiger charge is -2.64. The van der Waals surface area contributed by atoms with E-state index in [1.54, 1.807) is 0 Å². The maximum absolute atomic E-state index is 2.64. The number of rotatable bonds is 2. The van der Waals surface area contributed by atoms with E-state index in [1.165, 1.54) is 12.8 Å². The highest BCUT2D eigenvalue weighted by atomic mass is 127. The van der Waals surface area contributed by atoms with Crippen molar-refractivity contribution in [1.82, 2.24) is 0 Å². The summed E-state index contributed by atoms with van der Waals surface area (Å²) in [6.45, 7) is 14.9. The normalized spacial score (nSPS) is 46.2. The molecular weight excluding hydrogens is 318 g/mol. The van der Waals surface area contributed by atoms with Crippen molar-refractivity contribution < 1.29 is 0 Å². The Balaban J connectivity index is 2.33. The monoisotopic (exact) mass is 346 g/mol. The van der Waals surface area contributed by atoms with Gasteiger partial charge in [0.2, 0.25) is 0 Å². The zero-order chi connectivity index (χ0) is 13.2. The molecule has 2 aliphatic carbocycles. The van der Waals surface area contributed by atoms with Crippen LogP contribution in [-0.4, -0.2) is 11.8 Å². The van der Waals surface area contributed by atoms with E-state index in [0.29, 0.717) is 16.1 Å². The van der Waals surface area contributed by atoms with Crippen molar-refractivity contribution in [2.24, 2.45) is 28.6 Å². The summed E-state index contributed by atoms with van der Waals surface area (Å²) in [6, 6.07) is 0. The number of alkyl halides is 1. The molecule has 98 valence electrons. The van der Waals surface area contributed by atoms with Crippen LogP contribution in [0.4, 0.5) is 0 Å². The Kier molecular flexibility index (Phi) is 3.26. The number of halogens is 1. The fourth-order valence-corrected chi connectivity index (χ4v) is 5.25. The largest absolute Gasteiger partial charge is 0.110 e. The molecule has 0 aromatic carbocycles. The third-order valence-electron chi connectivity index (χ3n) is 7.27. The van der Waals surface area contributed by atoms with E-state index in [2.05, 4.69) is 72.0 Å². The van der Waals surface area contributed by atoms with Crippen LogP contribution in [0, 0.1) is 28.6 Å². The Labute approximate surface area is 122 Å². The lowest BCUT2D eigenvalue weighted by molar-refractivity contribution is -0.0333. The molecule has 17 heavy (non-hydrogen) atoms. The summed E-state index contributed by atoms with van der Waals surface area (Å²) < 4.78 is 0.759. The maximum atomic E-state index is 2.64. The molecule has 0 amide bonds. The van der Waals surface area contributed by atoms with E-state index in [0.717, 1.165) is 21.7 Å². The lowest BCUT2D eigenvalue weighted by Crippen LogP contribution is -2.55. The van der Waals surface area contributed by atoms with Gasteiger partial charge in [0, 0.05) is 3.92 Å². The first kappa shape index (κ1) is 14.2. The molecule has 0 bridgehead atoms. The highest BCUT2D eigenvalue weighted by molar-refractivity contribution is 14.1. The molecule has 0 aromatic rings. The molecule has 2 rings (SSSR count). The molecule has 0 heterocycles. The van der Waals surface area contributed by atoms with Crippen LogP contribution in [-0.2, 0) is 0 Å². The maximum Gasteiger partial charge on any atom is 0.110 e. The van der Waals surface area contributed by atoms with Gasteiger partial charge in [0.15, 0.2) is 0 Å². The van der Waals surface area contributed by atoms with Crippen molar-refractivity contribution >= 4 is 30.4 Å². The van der Waals surface area contributed by atoms with Crippen molar-refractivity contribution in [3.8, 4) is 0 Å². The molecule has 2 heteroatoms. The molecule has 0 aromatic heterocycles. The second-order valence-corrected chi connectivity index (χ2v) is 9.93. The Morgan fingerprint density at radius 2 is 1.82 bits per heavy atom. The number of hydrogen-bond acceptors (Lipinski definition) is 0. The van der Waals surface area contributed by atoms with Crippen LogP contribution in [0.2, 0.25) is 5.31 Å². The molecule has 5 unspecified atom stereocenters. The minimum Gasteiger partial charge on any atom is -0.0823 e. The van der Waals surface area contributed by atoms with Crippen LogP contribution in [0.1, 0.15) is 54.4 Å². The average Bonchev–Trinajstić information content (AvgIpc) is 2.30. The van der Waals surface area contributed by atoms with Gasteiger partial charge in [-0.3, -0.25) is 0 Å². The Bertz CT molecular complexity index is 321. The fourth-order valence-electron chi connectivity index (χ4n) is 4.82. The van der Waals surface area contributed by atoms with Crippen molar-refractivity contribution in [1.29, 1.82) is 0 Å². The van der Waals surface area contributed by atoms with Crippen molar-refractivity contribution in [2.45, 2.75) is 63.6 Å². The van der Waals surface area contributed by atoms with E-state index < -0.39 is 0 Å². The number of fused-ring (bicyclic) bond motifs is 1. The molecule has 0 N–H and O–H groups in total. The van der Waals surface area contributed by atoms with Gasteiger partial charge in [-0.2, -0.15) is 0 Å². The second-order valence-electron chi connectivity index (χ2n) is 8.06. The standard InChI is InChI=1S/C15H28BI/c1-9-7-11-8-12(13(3,4)10(2)17)15(11,16)14(9,5)6/h9-12H,7-8,16H2,1-6H3. The van der Waals surface area contributed by atoms with Gasteiger partial charge in [0.05, 0.1) is 0 Å². The minimum atomic E-state index is 0.479. The first-order valence-electron chi connectivity index (χ1n) is 7.20. The summed E-state index contributed by atoms with van der Waals surface area (Å²) in [4.78, 5) is 0. The first-order chi connectivity index (χ1) is 7.56. The molecule has 0 radical (unpaired) electrons. The molecule has 0 saturated heterocycles. The van der Waals surface area contributed by atoms with E-state index in [9.17, 15) is 0 Å². The summed E-state index contributed by atoms with van der Waals surface area (Å²) in [7, 11) is 2.59. The first-order valence-corrected chi connectivity index (χ1v) is 8.44. The Hall–Kier alpha value is 0.795. The molecular formula is C15H28BI. The van der Waals surface area contributed by atoms with Gasteiger partial charge in [-0.15, -0.1) is 0 Å². The summed E-state index contributed by atoms with van der Waals surface area (Å²) in [5, 5.41) is 0.579. The summed E-state index contributed by atoms with van der Waals surface area (Å²) >= 11 is 2.64. The van der Waals surface area contributed by atoms with Gasteiger partial charge in [-0.25, -0.2) is 0 Å². The van der Waals surface area contributed by atoms with Crippen molar-refractivity contribution in [3.63, 3.8) is 0 Å². The average molecular weight is 346 g/mol. The Morgan fingerprint density at radius 3 is 2.24 bits per heavy atom. The summed E-state index contributed by atoms with van der Waals surface area (Å²) in [5.41, 5.74) is 0.997. The Morgan fingerprint density at radius 1 is 1.29 bits per heavy atom. The molecule has 2 saturated carbocycles. The van der Waals surface area contributed by atoms with Gasteiger partial charge in [-0.05, 0) is 46.7 Å². The van der Waals surface area contributed by atoms with Crippen LogP contribution < -0.4 is 0 Å². The highest BCUT2D eigenvalue weighted by Gasteiger charge is 2.67. The zero-order valence-electron chi connectivity index (χ0n) is 12.6. The summed E-state index contributed by atoms with van der Waals surface area (Å²) in [5.74, 6) is 2.79. The van der Waals surface area contributed by atoms with Crippen LogP contribution >= 0.6 is 22.6 Å². The van der Waals surface area contributed by atoms with Crippen LogP contribution in [0.5, 0.6) is 0 Å². The smallest absolute Gasteiger partial charge is 0.0823 e. The topological polar surface area (TPSA) is 0 Å². The van der Waals surface area contributed by atoms with Crippen LogP contribution in [0.3, 0.4) is 0 Å². The molecule has 2 aliphatic rings. The number of hydrogen-bond donors (Lipinski definition) is 0. The molecule has 0 aliphatic heterocycles. The van der Waals surface area contributed by atoms with Gasteiger partial charge < -0.3 is 0 Å². The van der Waals surface area contributed by atoms with Crippen molar-refractivity contribution in [2.75, 3.05) is 0 Å². The SMILES string of the molecule is BC12C(CC(C)C1(C)C)CC2C(C)(C)C(C)I. The van der Waals surface area contributed by atoms with E-state index in [-0.39, 0.29) is 0 Å². The van der Waals surface area contributed by atoms with Gasteiger partial charge >= 0.3 is 0 Å². The quantitative estimate of drug-likeness (QED) is 0.397. The third kappa shape index (κ3) is 1.61.